The van der Waals surface area contributed by atoms with Crippen molar-refractivity contribution in [3.05, 3.63) is 22.4 Å². The standard InChI is InChI=1S/C14H25N3OS2.HI/c1-5-15-13(16-9-11(2)19-4)17-10-14(3,18)12-7-6-8-20-12;/h6-8,11,18H,5,9-10H2,1-4H3,(H2,15,16,17);1H. The Hall–Kier alpha value is 0.01000. The van der Waals surface area contributed by atoms with E-state index in [9.17, 15) is 5.11 Å². The molecule has 0 aliphatic carbocycles. The summed E-state index contributed by atoms with van der Waals surface area (Å²) in [6, 6.07) is 3.89. The second kappa shape index (κ2) is 10.7. The molecule has 0 saturated heterocycles. The van der Waals surface area contributed by atoms with Gasteiger partial charge in [-0.05, 0) is 31.5 Å². The smallest absolute Gasteiger partial charge is 0.191 e. The quantitative estimate of drug-likeness (QED) is 0.345. The van der Waals surface area contributed by atoms with Gasteiger partial charge >= 0.3 is 0 Å². The molecule has 122 valence electrons. The highest BCUT2D eigenvalue weighted by atomic mass is 127. The summed E-state index contributed by atoms with van der Waals surface area (Å²) in [5.41, 5.74) is -0.915. The highest BCUT2D eigenvalue weighted by Gasteiger charge is 2.23. The molecule has 1 aromatic heterocycles. The minimum atomic E-state index is -0.915. The number of thiophene rings is 1. The number of hydrogen-bond donors (Lipinski definition) is 3. The number of halogens is 1. The van der Waals surface area contributed by atoms with E-state index in [-0.39, 0.29) is 24.0 Å². The number of aliphatic imine (C=N–C) groups is 1. The van der Waals surface area contributed by atoms with Crippen LogP contribution in [0.4, 0.5) is 0 Å². The Morgan fingerprint density at radius 3 is 2.76 bits per heavy atom. The fourth-order valence-electron chi connectivity index (χ4n) is 1.56. The van der Waals surface area contributed by atoms with E-state index < -0.39 is 5.60 Å². The Kier molecular flexibility index (Phi) is 10.7. The number of thioether (sulfide) groups is 1. The highest BCUT2D eigenvalue weighted by molar-refractivity contribution is 14.0. The van der Waals surface area contributed by atoms with Crippen molar-refractivity contribution < 1.29 is 5.11 Å². The second-order valence-electron chi connectivity index (χ2n) is 4.87. The van der Waals surface area contributed by atoms with Gasteiger partial charge in [0.1, 0.15) is 5.60 Å². The summed E-state index contributed by atoms with van der Waals surface area (Å²) >= 11 is 3.37. The summed E-state index contributed by atoms with van der Waals surface area (Å²) in [5, 5.41) is 19.5. The lowest BCUT2D eigenvalue weighted by atomic mass is 10.1. The molecule has 0 radical (unpaired) electrons. The predicted molar refractivity (Wildman–Crippen MR) is 106 cm³/mol. The molecule has 3 N–H and O–H groups in total. The molecule has 21 heavy (non-hydrogen) atoms. The Morgan fingerprint density at radius 1 is 1.52 bits per heavy atom. The molecule has 7 heteroatoms. The highest BCUT2D eigenvalue weighted by Crippen LogP contribution is 2.25. The molecule has 4 nitrogen and oxygen atoms in total. The molecule has 2 atom stereocenters. The molecule has 0 fully saturated rings. The molecule has 2 unspecified atom stereocenters. The Bertz CT molecular complexity index is 410. The lowest BCUT2D eigenvalue weighted by molar-refractivity contribution is 0.0711. The van der Waals surface area contributed by atoms with Crippen molar-refractivity contribution in [3.8, 4) is 0 Å². The zero-order chi connectivity index (χ0) is 15.0. The van der Waals surface area contributed by atoms with Crippen molar-refractivity contribution in [1.29, 1.82) is 0 Å². The van der Waals surface area contributed by atoms with Crippen LogP contribution in [0.15, 0.2) is 22.5 Å². The van der Waals surface area contributed by atoms with Gasteiger partial charge in [-0.2, -0.15) is 11.8 Å². The van der Waals surface area contributed by atoms with E-state index in [1.165, 1.54) is 0 Å². The van der Waals surface area contributed by atoms with Crippen LogP contribution in [0.2, 0.25) is 0 Å². The van der Waals surface area contributed by atoms with Crippen LogP contribution in [0.3, 0.4) is 0 Å². The lowest BCUT2D eigenvalue weighted by Crippen LogP contribution is -2.41. The summed E-state index contributed by atoms with van der Waals surface area (Å²) in [7, 11) is 0. The number of aliphatic hydroxyl groups is 1. The largest absolute Gasteiger partial charge is 0.383 e. The first-order valence-electron chi connectivity index (χ1n) is 6.81. The second-order valence-corrected chi connectivity index (χ2v) is 7.10. The molecule has 0 aliphatic heterocycles. The minimum absolute atomic E-state index is 0. The molecular formula is C14H26IN3OS2. The van der Waals surface area contributed by atoms with Crippen molar-refractivity contribution in [3.63, 3.8) is 0 Å². The topological polar surface area (TPSA) is 56.7 Å². The van der Waals surface area contributed by atoms with Crippen LogP contribution >= 0.6 is 47.1 Å². The molecule has 0 spiro atoms. The molecule has 1 rings (SSSR count). The third-order valence-corrected chi connectivity index (χ3v) is 4.99. The van der Waals surface area contributed by atoms with Crippen molar-refractivity contribution in [2.75, 3.05) is 25.9 Å². The van der Waals surface area contributed by atoms with E-state index in [4.69, 9.17) is 0 Å². The van der Waals surface area contributed by atoms with Crippen LogP contribution in [-0.2, 0) is 5.60 Å². The number of nitrogens with zero attached hydrogens (tertiary/aromatic N) is 1. The molecule has 1 aromatic rings. The Morgan fingerprint density at radius 2 is 2.24 bits per heavy atom. The summed E-state index contributed by atoms with van der Waals surface area (Å²) in [5.74, 6) is 0.755. The number of rotatable bonds is 7. The van der Waals surface area contributed by atoms with Gasteiger partial charge in [-0.3, -0.25) is 0 Å². The van der Waals surface area contributed by atoms with Gasteiger partial charge < -0.3 is 15.7 Å². The van der Waals surface area contributed by atoms with Crippen LogP contribution in [0, 0.1) is 0 Å². The molecule has 0 aromatic carbocycles. The van der Waals surface area contributed by atoms with E-state index in [1.54, 1.807) is 18.3 Å². The fourth-order valence-corrected chi connectivity index (χ4v) is 2.59. The minimum Gasteiger partial charge on any atom is -0.383 e. The number of hydrogen-bond acceptors (Lipinski definition) is 4. The summed E-state index contributed by atoms with van der Waals surface area (Å²) in [6.45, 7) is 8.01. The molecule has 0 aliphatic rings. The van der Waals surface area contributed by atoms with Gasteiger partial charge in [-0.1, -0.05) is 13.0 Å². The van der Waals surface area contributed by atoms with Crippen LogP contribution in [-0.4, -0.2) is 42.2 Å². The summed E-state index contributed by atoms with van der Waals surface area (Å²) < 4.78 is 0. The van der Waals surface area contributed by atoms with Crippen LogP contribution < -0.4 is 10.6 Å². The average Bonchev–Trinajstić information content (AvgIpc) is 2.96. The summed E-state index contributed by atoms with van der Waals surface area (Å²) in [4.78, 5) is 5.43. The van der Waals surface area contributed by atoms with Gasteiger partial charge in [0, 0.05) is 23.2 Å². The zero-order valence-corrected chi connectivity index (χ0v) is 17.0. The first kappa shape index (κ1) is 21.0. The van der Waals surface area contributed by atoms with E-state index in [0.717, 1.165) is 23.9 Å². The van der Waals surface area contributed by atoms with Crippen molar-refractivity contribution in [2.45, 2.75) is 31.6 Å². The first-order chi connectivity index (χ1) is 9.49. The van der Waals surface area contributed by atoms with E-state index >= 15 is 0 Å². The van der Waals surface area contributed by atoms with Gasteiger partial charge in [0.25, 0.3) is 0 Å². The first-order valence-corrected chi connectivity index (χ1v) is 8.97. The van der Waals surface area contributed by atoms with E-state index in [0.29, 0.717) is 11.8 Å². The monoisotopic (exact) mass is 443 g/mol. The van der Waals surface area contributed by atoms with Crippen molar-refractivity contribution in [2.24, 2.45) is 4.99 Å². The van der Waals surface area contributed by atoms with Crippen molar-refractivity contribution >= 4 is 53.0 Å². The zero-order valence-electron chi connectivity index (χ0n) is 13.0. The SMILES string of the molecule is CCNC(=NCC(C)(O)c1cccs1)NCC(C)SC.I. The van der Waals surface area contributed by atoms with Crippen LogP contribution in [0.1, 0.15) is 25.6 Å². The van der Waals surface area contributed by atoms with Crippen LogP contribution in [0.25, 0.3) is 0 Å². The third kappa shape index (κ3) is 7.71. The lowest BCUT2D eigenvalue weighted by Gasteiger charge is -2.21. The predicted octanol–water partition coefficient (Wildman–Crippen LogP) is 2.88. The normalized spacial score (nSPS) is 15.8. The van der Waals surface area contributed by atoms with Gasteiger partial charge in [0.2, 0.25) is 0 Å². The van der Waals surface area contributed by atoms with Crippen molar-refractivity contribution in [1.82, 2.24) is 10.6 Å². The molecule has 0 saturated carbocycles. The molecular weight excluding hydrogens is 417 g/mol. The maximum atomic E-state index is 10.5. The van der Waals surface area contributed by atoms with Gasteiger partial charge in [-0.15, -0.1) is 35.3 Å². The van der Waals surface area contributed by atoms with Gasteiger partial charge in [0.15, 0.2) is 5.96 Å². The average molecular weight is 443 g/mol. The van der Waals surface area contributed by atoms with E-state index in [1.807, 2.05) is 36.2 Å². The van der Waals surface area contributed by atoms with Gasteiger partial charge in [-0.25, -0.2) is 4.99 Å². The number of guanidine groups is 1. The summed E-state index contributed by atoms with van der Waals surface area (Å²) in [6.07, 6.45) is 2.10. The maximum absolute atomic E-state index is 10.5. The maximum Gasteiger partial charge on any atom is 0.191 e. The third-order valence-electron chi connectivity index (χ3n) is 2.90. The Balaban J connectivity index is 0.00000400. The molecule has 0 bridgehead atoms. The molecule has 0 amide bonds. The Labute approximate surface area is 153 Å². The van der Waals surface area contributed by atoms with Crippen LogP contribution in [0.5, 0.6) is 0 Å². The van der Waals surface area contributed by atoms with E-state index in [2.05, 4.69) is 28.8 Å². The molecule has 1 heterocycles. The number of nitrogens with one attached hydrogen (secondary N) is 2. The fraction of sp³-hybridized carbons (Fsp3) is 0.643. The van der Waals surface area contributed by atoms with Gasteiger partial charge in [0.05, 0.1) is 6.54 Å².